The summed E-state index contributed by atoms with van der Waals surface area (Å²) in [7, 11) is 0. The van der Waals surface area contributed by atoms with E-state index < -0.39 is 0 Å². The van der Waals surface area contributed by atoms with Gasteiger partial charge in [0.1, 0.15) is 5.58 Å². The molecule has 1 aromatic carbocycles. The lowest BCUT2D eigenvalue weighted by Crippen LogP contribution is -2.33. The molecule has 0 radical (unpaired) electrons. The van der Waals surface area contributed by atoms with E-state index in [0.717, 1.165) is 18.7 Å². The van der Waals surface area contributed by atoms with Crippen molar-refractivity contribution in [2.24, 2.45) is 5.92 Å². The van der Waals surface area contributed by atoms with Gasteiger partial charge in [-0.3, -0.25) is 0 Å². The highest BCUT2D eigenvalue weighted by Crippen LogP contribution is 2.34. The molecule has 0 aliphatic carbocycles. The summed E-state index contributed by atoms with van der Waals surface area (Å²) in [5, 5.41) is 4.67. The first kappa shape index (κ1) is 9.91. The molecular formula is C14H17NO. The Morgan fingerprint density at radius 1 is 1.31 bits per heavy atom. The minimum atomic E-state index is 0.635. The maximum atomic E-state index is 5.63. The van der Waals surface area contributed by atoms with Crippen molar-refractivity contribution >= 4 is 11.0 Å². The Labute approximate surface area is 95.6 Å². The third kappa shape index (κ3) is 1.54. The first-order chi connectivity index (χ1) is 7.86. The van der Waals surface area contributed by atoms with Crippen LogP contribution in [0.4, 0.5) is 0 Å². The van der Waals surface area contributed by atoms with Crippen molar-refractivity contribution in [2.75, 3.05) is 13.1 Å². The van der Waals surface area contributed by atoms with Gasteiger partial charge in [0.2, 0.25) is 0 Å². The van der Waals surface area contributed by atoms with Crippen LogP contribution in [0.5, 0.6) is 0 Å². The number of furan rings is 1. The molecule has 2 heteroatoms. The van der Waals surface area contributed by atoms with E-state index in [1.807, 2.05) is 6.07 Å². The van der Waals surface area contributed by atoms with Gasteiger partial charge in [0.15, 0.2) is 0 Å². The zero-order valence-corrected chi connectivity index (χ0v) is 9.57. The molecule has 3 rings (SSSR count). The van der Waals surface area contributed by atoms with Gasteiger partial charge in [-0.05, 0) is 43.0 Å². The topological polar surface area (TPSA) is 25.2 Å². The minimum Gasteiger partial charge on any atom is -0.464 e. The van der Waals surface area contributed by atoms with Crippen LogP contribution in [0.2, 0.25) is 0 Å². The van der Waals surface area contributed by atoms with E-state index in [1.54, 1.807) is 6.26 Å². The number of para-hydroxylation sites is 1. The average Bonchev–Trinajstić information content (AvgIpc) is 2.77. The second-order valence-corrected chi connectivity index (χ2v) is 4.76. The second kappa shape index (κ2) is 3.95. The van der Waals surface area contributed by atoms with Crippen molar-refractivity contribution in [1.82, 2.24) is 5.32 Å². The Bertz CT molecular complexity index is 488. The molecule has 1 saturated heterocycles. The Morgan fingerprint density at radius 3 is 3.12 bits per heavy atom. The van der Waals surface area contributed by atoms with E-state index in [9.17, 15) is 0 Å². The van der Waals surface area contributed by atoms with Gasteiger partial charge in [0, 0.05) is 5.39 Å². The lowest BCUT2D eigenvalue weighted by molar-refractivity contribution is 0.349. The monoisotopic (exact) mass is 215 g/mol. The standard InChI is InChI=1S/C14H17NO/c1-10-9-15-7-5-12(10)13-4-2-3-11-6-8-16-14(11)13/h2-4,6,8,10,12,15H,5,7,9H2,1H3/t10-,12-/m1/s1. The van der Waals surface area contributed by atoms with Gasteiger partial charge in [-0.2, -0.15) is 0 Å². The quantitative estimate of drug-likeness (QED) is 0.790. The van der Waals surface area contributed by atoms with Crippen LogP contribution < -0.4 is 5.32 Å². The Kier molecular flexibility index (Phi) is 2.44. The van der Waals surface area contributed by atoms with Crippen molar-refractivity contribution in [3.63, 3.8) is 0 Å². The van der Waals surface area contributed by atoms with Crippen LogP contribution in [0, 0.1) is 5.92 Å². The summed E-state index contributed by atoms with van der Waals surface area (Å²) in [6.07, 6.45) is 3.00. The molecule has 1 aliphatic rings. The molecule has 16 heavy (non-hydrogen) atoms. The molecule has 84 valence electrons. The van der Waals surface area contributed by atoms with Gasteiger partial charge >= 0.3 is 0 Å². The highest BCUT2D eigenvalue weighted by Gasteiger charge is 2.24. The summed E-state index contributed by atoms with van der Waals surface area (Å²) >= 11 is 0. The van der Waals surface area contributed by atoms with E-state index in [0.29, 0.717) is 11.8 Å². The number of nitrogens with one attached hydrogen (secondary N) is 1. The maximum absolute atomic E-state index is 5.63. The molecule has 2 aromatic rings. The van der Waals surface area contributed by atoms with Crippen LogP contribution in [-0.4, -0.2) is 13.1 Å². The summed E-state index contributed by atoms with van der Waals surface area (Å²) in [6.45, 7) is 4.55. The van der Waals surface area contributed by atoms with Gasteiger partial charge < -0.3 is 9.73 Å². The lowest BCUT2D eigenvalue weighted by Gasteiger charge is -2.29. The molecular weight excluding hydrogens is 198 g/mol. The van der Waals surface area contributed by atoms with E-state index in [-0.39, 0.29) is 0 Å². The molecule has 1 aromatic heterocycles. The highest BCUT2D eigenvalue weighted by atomic mass is 16.3. The van der Waals surface area contributed by atoms with Gasteiger partial charge in [0.25, 0.3) is 0 Å². The number of hydrogen-bond acceptors (Lipinski definition) is 2. The van der Waals surface area contributed by atoms with Gasteiger partial charge in [-0.1, -0.05) is 25.1 Å². The molecule has 1 fully saturated rings. The fourth-order valence-electron chi connectivity index (χ4n) is 2.78. The zero-order chi connectivity index (χ0) is 11.0. The van der Waals surface area contributed by atoms with E-state index >= 15 is 0 Å². The molecule has 0 bridgehead atoms. The summed E-state index contributed by atoms with van der Waals surface area (Å²) in [4.78, 5) is 0. The molecule has 0 spiro atoms. The number of fused-ring (bicyclic) bond motifs is 1. The SMILES string of the molecule is C[C@@H]1CNCC[C@H]1c1cccc2ccoc12. The van der Waals surface area contributed by atoms with E-state index in [2.05, 4.69) is 30.4 Å². The Hall–Kier alpha value is -1.28. The molecule has 0 amide bonds. The van der Waals surface area contributed by atoms with Crippen molar-refractivity contribution in [3.8, 4) is 0 Å². The van der Waals surface area contributed by atoms with Crippen LogP contribution >= 0.6 is 0 Å². The summed E-state index contributed by atoms with van der Waals surface area (Å²) in [5.74, 6) is 1.32. The van der Waals surface area contributed by atoms with Crippen molar-refractivity contribution in [2.45, 2.75) is 19.3 Å². The molecule has 2 heterocycles. The van der Waals surface area contributed by atoms with E-state index in [4.69, 9.17) is 4.42 Å². The number of benzene rings is 1. The predicted octanol–water partition coefficient (Wildman–Crippen LogP) is 3.15. The maximum Gasteiger partial charge on any atom is 0.137 e. The van der Waals surface area contributed by atoms with Crippen molar-refractivity contribution < 1.29 is 4.42 Å². The van der Waals surface area contributed by atoms with E-state index in [1.165, 1.54) is 17.4 Å². The van der Waals surface area contributed by atoms with Gasteiger partial charge in [-0.15, -0.1) is 0 Å². The lowest BCUT2D eigenvalue weighted by atomic mass is 9.82. The first-order valence-corrected chi connectivity index (χ1v) is 6.03. The third-order valence-electron chi connectivity index (χ3n) is 3.69. The first-order valence-electron chi connectivity index (χ1n) is 6.03. The number of rotatable bonds is 1. The van der Waals surface area contributed by atoms with Crippen LogP contribution in [0.25, 0.3) is 11.0 Å². The van der Waals surface area contributed by atoms with Crippen molar-refractivity contribution in [1.29, 1.82) is 0 Å². The summed E-state index contributed by atoms with van der Waals surface area (Å²) in [5.41, 5.74) is 2.47. The second-order valence-electron chi connectivity index (χ2n) is 4.76. The third-order valence-corrected chi connectivity index (χ3v) is 3.69. The van der Waals surface area contributed by atoms with Crippen LogP contribution in [0.3, 0.4) is 0 Å². The predicted molar refractivity (Wildman–Crippen MR) is 65.6 cm³/mol. The summed E-state index contributed by atoms with van der Waals surface area (Å²) in [6, 6.07) is 8.53. The highest BCUT2D eigenvalue weighted by molar-refractivity contribution is 5.80. The van der Waals surface area contributed by atoms with Crippen molar-refractivity contribution in [3.05, 3.63) is 36.1 Å². The normalized spacial score (nSPS) is 26.1. The summed E-state index contributed by atoms with van der Waals surface area (Å²) < 4.78 is 5.63. The zero-order valence-electron chi connectivity index (χ0n) is 9.57. The molecule has 2 atom stereocenters. The number of piperidine rings is 1. The van der Waals surface area contributed by atoms with Crippen LogP contribution in [0.15, 0.2) is 34.9 Å². The molecule has 1 aliphatic heterocycles. The van der Waals surface area contributed by atoms with Crippen LogP contribution in [0.1, 0.15) is 24.8 Å². The number of hydrogen-bond donors (Lipinski definition) is 1. The van der Waals surface area contributed by atoms with Gasteiger partial charge in [0.05, 0.1) is 6.26 Å². The fraction of sp³-hybridized carbons (Fsp3) is 0.429. The fourth-order valence-corrected chi connectivity index (χ4v) is 2.78. The van der Waals surface area contributed by atoms with Gasteiger partial charge in [-0.25, -0.2) is 0 Å². The largest absolute Gasteiger partial charge is 0.464 e. The smallest absolute Gasteiger partial charge is 0.137 e. The molecule has 0 unspecified atom stereocenters. The minimum absolute atomic E-state index is 0.635. The Morgan fingerprint density at radius 2 is 2.25 bits per heavy atom. The van der Waals surface area contributed by atoms with Crippen LogP contribution in [-0.2, 0) is 0 Å². The molecule has 1 N–H and O–H groups in total. The molecule has 0 saturated carbocycles. The Balaban J connectivity index is 2.07. The average molecular weight is 215 g/mol. The molecule has 2 nitrogen and oxygen atoms in total.